The number of hydrogen-bond donors (Lipinski definition) is 0. The summed E-state index contributed by atoms with van der Waals surface area (Å²) in [6.07, 6.45) is 0.980. The van der Waals surface area contributed by atoms with E-state index in [0.29, 0.717) is 26.0 Å². The van der Waals surface area contributed by atoms with Gasteiger partial charge in [0.15, 0.2) is 0 Å². The molecule has 1 saturated carbocycles. The van der Waals surface area contributed by atoms with Crippen LogP contribution in [0.3, 0.4) is 0 Å². The van der Waals surface area contributed by atoms with Gasteiger partial charge in [-0.1, -0.05) is 0 Å². The smallest absolute Gasteiger partial charge is 0.410 e. The summed E-state index contributed by atoms with van der Waals surface area (Å²) < 4.78 is 31.8. The van der Waals surface area contributed by atoms with Crippen LogP contribution in [-0.4, -0.2) is 51.0 Å². The molecule has 0 radical (unpaired) electrons. The Morgan fingerprint density at radius 3 is 2.60 bits per heavy atom. The summed E-state index contributed by atoms with van der Waals surface area (Å²) in [6, 6.07) is 0. The molecule has 0 aromatic rings. The molecule has 7 heteroatoms. The van der Waals surface area contributed by atoms with Crippen LogP contribution >= 0.6 is 0 Å². The van der Waals surface area contributed by atoms with E-state index in [1.165, 1.54) is 4.90 Å². The second kappa shape index (κ2) is 3.34. The molecular formula is C8H13NO5S. The normalized spacial score (nSPS) is 24.1. The van der Waals surface area contributed by atoms with Crippen LogP contribution in [0.4, 0.5) is 4.79 Å². The molecule has 0 spiro atoms. The highest BCUT2D eigenvalue weighted by atomic mass is 32.2. The van der Waals surface area contributed by atoms with Gasteiger partial charge in [0.05, 0.1) is 24.9 Å². The van der Waals surface area contributed by atoms with Gasteiger partial charge >= 0.3 is 6.09 Å². The van der Waals surface area contributed by atoms with Crippen molar-refractivity contribution < 1.29 is 22.1 Å². The van der Waals surface area contributed by atoms with E-state index in [1.54, 1.807) is 0 Å². The van der Waals surface area contributed by atoms with Crippen molar-refractivity contribution in [3.05, 3.63) is 0 Å². The van der Waals surface area contributed by atoms with E-state index in [-0.39, 0.29) is 5.75 Å². The molecule has 1 saturated heterocycles. The third kappa shape index (κ3) is 1.93. The third-order valence-corrected chi connectivity index (χ3v) is 4.26. The quantitative estimate of drug-likeness (QED) is 0.639. The Hall–Kier alpha value is -0.820. The van der Waals surface area contributed by atoms with Crippen LogP contribution in [0.5, 0.6) is 0 Å². The summed E-state index contributed by atoms with van der Waals surface area (Å²) in [5.74, 6) is -0.133. The SMILES string of the molecule is COS(=O)(=O)CC1(N2CCOC2=O)CC1. The lowest BCUT2D eigenvalue weighted by atomic mass is 10.3. The van der Waals surface area contributed by atoms with Gasteiger partial charge in [0.25, 0.3) is 10.1 Å². The van der Waals surface area contributed by atoms with Crippen molar-refractivity contribution in [2.75, 3.05) is 26.0 Å². The first kappa shape index (κ1) is 10.7. The molecule has 0 aromatic heterocycles. The Morgan fingerprint density at radius 2 is 2.20 bits per heavy atom. The van der Waals surface area contributed by atoms with Gasteiger partial charge in [-0.2, -0.15) is 8.42 Å². The van der Waals surface area contributed by atoms with Crippen molar-refractivity contribution >= 4 is 16.2 Å². The standard InChI is InChI=1S/C8H13NO5S/c1-13-15(11,12)6-8(2-3-8)9-4-5-14-7(9)10/h2-6H2,1H3. The molecule has 0 bridgehead atoms. The number of amides is 1. The zero-order chi connectivity index (χ0) is 11.1. The summed E-state index contributed by atoms with van der Waals surface area (Å²) >= 11 is 0. The fourth-order valence-corrected chi connectivity index (χ4v) is 3.07. The van der Waals surface area contributed by atoms with E-state index in [1.807, 2.05) is 0 Å². The maximum atomic E-state index is 11.3. The molecule has 1 aliphatic heterocycles. The molecule has 0 N–H and O–H groups in total. The predicted molar refractivity (Wildman–Crippen MR) is 50.8 cm³/mol. The van der Waals surface area contributed by atoms with Crippen LogP contribution in [0.25, 0.3) is 0 Å². The average molecular weight is 235 g/mol. The van der Waals surface area contributed by atoms with Gasteiger partial charge in [-0.3, -0.25) is 9.08 Å². The summed E-state index contributed by atoms with van der Waals surface area (Å²) in [6.45, 7) is 0.811. The molecule has 6 nitrogen and oxygen atoms in total. The molecule has 2 fully saturated rings. The minimum absolute atomic E-state index is 0.133. The highest BCUT2D eigenvalue weighted by Crippen LogP contribution is 2.44. The van der Waals surface area contributed by atoms with Crippen LogP contribution in [0.1, 0.15) is 12.8 Å². The van der Waals surface area contributed by atoms with Crippen LogP contribution in [0.2, 0.25) is 0 Å². The van der Waals surface area contributed by atoms with Crippen LogP contribution in [0.15, 0.2) is 0 Å². The monoisotopic (exact) mass is 235 g/mol. The van der Waals surface area contributed by atoms with Gasteiger partial charge in [-0.05, 0) is 12.8 Å². The second-order valence-corrected chi connectivity index (χ2v) is 5.60. The number of hydrogen-bond acceptors (Lipinski definition) is 5. The zero-order valence-electron chi connectivity index (χ0n) is 8.43. The third-order valence-electron chi connectivity index (χ3n) is 2.86. The van der Waals surface area contributed by atoms with E-state index in [9.17, 15) is 13.2 Å². The Morgan fingerprint density at radius 1 is 1.53 bits per heavy atom. The maximum Gasteiger partial charge on any atom is 0.410 e. The molecule has 2 rings (SSSR count). The number of ether oxygens (including phenoxy) is 1. The van der Waals surface area contributed by atoms with Gasteiger partial charge in [-0.25, -0.2) is 4.79 Å². The van der Waals surface area contributed by atoms with Gasteiger partial charge in [0.2, 0.25) is 0 Å². The van der Waals surface area contributed by atoms with Gasteiger partial charge in [0, 0.05) is 0 Å². The molecule has 1 amide bonds. The van der Waals surface area contributed by atoms with Crippen molar-refractivity contribution in [1.29, 1.82) is 0 Å². The molecule has 0 aromatic carbocycles. The summed E-state index contributed by atoms with van der Waals surface area (Å²) in [5.41, 5.74) is -0.567. The number of carbonyl (C=O) groups is 1. The highest BCUT2D eigenvalue weighted by Gasteiger charge is 2.55. The van der Waals surface area contributed by atoms with E-state index in [4.69, 9.17) is 4.74 Å². The van der Waals surface area contributed by atoms with Crippen molar-refractivity contribution in [2.24, 2.45) is 0 Å². The summed E-state index contributed by atoms with van der Waals surface area (Å²) in [7, 11) is -2.39. The minimum atomic E-state index is -3.52. The van der Waals surface area contributed by atoms with Crippen molar-refractivity contribution in [1.82, 2.24) is 4.90 Å². The molecule has 1 aliphatic carbocycles. The zero-order valence-corrected chi connectivity index (χ0v) is 9.25. The predicted octanol–water partition coefficient (Wildman–Crippen LogP) is -0.0526. The Labute approximate surface area is 88.3 Å². The van der Waals surface area contributed by atoms with Gasteiger partial charge < -0.3 is 4.74 Å². The van der Waals surface area contributed by atoms with Crippen molar-refractivity contribution in [3.63, 3.8) is 0 Å². The second-order valence-electron chi connectivity index (χ2n) is 3.86. The molecule has 15 heavy (non-hydrogen) atoms. The average Bonchev–Trinajstić information content (AvgIpc) is 2.79. The summed E-state index contributed by atoms with van der Waals surface area (Å²) in [4.78, 5) is 12.8. The van der Waals surface area contributed by atoms with Gasteiger partial charge in [-0.15, -0.1) is 0 Å². The summed E-state index contributed by atoms with van der Waals surface area (Å²) in [5, 5.41) is 0. The first-order valence-corrected chi connectivity index (χ1v) is 6.30. The van der Waals surface area contributed by atoms with Crippen LogP contribution < -0.4 is 0 Å². The lowest BCUT2D eigenvalue weighted by molar-refractivity contribution is 0.146. The fraction of sp³-hybridized carbons (Fsp3) is 0.875. The van der Waals surface area contributed by atoms with E-state index >= 15 is 0 Å². The van der Waals surface area contributed by atoms with Crippen molar-refractivity contribution in [3.8, 4) is 0 Å². The highest BCUT2D eigenvalue weighted by molar-refractivity contribution is 7.86. The number of rotatable bonds is 4. The molecule has 86 valence electrons. The number of cyclic esters (lactones) is 1. The Balaban J connectivity index is 2.11. The lowest BCUT2D eigenvalue weighted by Crippen LogP contribution is -2.43. The fourth-order valence-electron chi connectivity index (χ4n) is 1.85. The topological polar surface area (TPSA) is 72.9 Å². The Bertz CT molecular complexity index is 372. The van der Waals surface area contributed by atoms with Crippen LogP contribution in [0, 0.1) is 0 Å². The number of nitrogens with zero attached hydrogens (tertiary/aromatic N) is 1. The molecule has 0 unspecified atom stereocenters. The maximum absolute atomic E-state index is 11.3. The molecule has 0 atom stereocenters. The van der Waals surface area contributed by atoms with E-state index < -0.39 is 21.8 Å². The lowest BCUT2D eigenvalue weighted by Gasteiger charge is -2.24. The molecule has 1 heterocycles. The number of carbonyl (C=O) groups excluding carboxylic acids is 1. The van der Waals surface area contributed by atoms with E-state index in [0.717, 1.165) is 7.11 Å². The first-order chi connectivity index (χ1) is 6.99. The van der Waals surface area contributed by atoms with Crippen molar-refractivity contribution in [2.45, 2.75) is 18.4 Å². The molecular weight excluding hydrogens is 222 g/mol. The largest absolute Gasteiger partial charge is 0.448 e. The Kier molecular flexibility index (Phi) is 2.38. The first-order valence-electron chi connectivity index (χ1n) is 4.72. The van der Waals surface area contributed by atoms with Crippen LogP contribution in [-0.2, 0) is 19.0 Å². The van der Waals surface area contributed by atoms with E-state index in [2.05, 4.69) is 4.18 Å². The minimum Gasteiger partial charge on any atom is -0.448 e. The van der Waals surface area contributed by atoms with Gasteiger partial charge in [0.1, 0.15) is 6.61 Å². The molecule has 2 aliphatic rings.